The summed E-state index contributed by atoms with van der Waals surface area (Å²) in [5.41, 5.74) is 4.45. The van der Waals surface area contributed by atoms with Gasteiger partial charge in [-0.2, -0.15) is 5.10 Å². The summed E-state index contributed by atoms with van der Waals surface area (Å²) >= 11 is 0. The van der Waals surface area contributed by atoms with E-state index in [4.69, 9.17) is 9.84 Å². The Morgan fingerprint density at radius 2 is 1.86 bits per heavy atom. The molecule has 0 bridgehead atoms. The molecule has 0 saturated heterocycles. The largest absolute Gasteiger partial charge is 0.497 e. The maximum Gasteiger partial charge on any atom is 0.245 e. The van der Waals surface area contributed by atoms with Crippen molar-refractivity contribution in [1.82, 2.24) is 15.0 Å². The van der Waals surface area contributed by atoms with Gasteiger partial charge in [-0.25, -0.2) is 5.01 Å². The van der Waals surface area contributed by atoms with Crippen molar-refractivity contribution in [3.8, 4) is 5.75 Å². The maximum absolute atomic E-state index is 12.9. The Morgan fingerprint density at radius 3 is 2.57 bits per heavy atom. The van der Waals surface area contributed by atoms with Crippen LogP contribution in [0, 0.1) is 5.92 Å². The van der Waals surface area contributed by atoms with Crippen LogP contribution in [-0.2, 0) is 4.79 Å². The van der Waals surface area contributed by atoms with Crippen LogP contribution in [0.15, 0.2) is 60.0 Å². The minimum atomic E-state index is -0.201. The van der Waals surface area contributed by atoms with Gasteiger partial charge in [-0.05, 0) is 35.9 Å². The fourth-order valence-electron chi connectivity index (χ4n) is 3.46. The molecular weight excluding hydrogens is 352 g/mol. The van der Waals surface area contributed by atoms with Crippen LogP contribution < -0.4 is 4.74 Å². The van der Waals surface area contributed by atoms with E-state index in [1.54, 1.807) is 24.5 Å². The van der Waals surface area contributed by atoms with Gasteiger partial charge in [-0.15, -0.1) is 0 Å². The van der Waals surface area contributed by atoms with E-state index < -0.39 is 0 Å². The summed E-state index contributed by atoms with van der Waals surface area (Å²) in [6.45, 7) is 3.78. The van der Waals surface area contributed by atoms with Crippen LogP contribution in [0.5, 0.6) is 5.75 Å². The molecule has 0 spiro atoms. The normalized spacial score (nSPS) is 16.5. The van der Waals surface area contributed by atoms with Crippen molar-refractivity contribution in [2.45, 2.75) is 26.3 Å². The number of para-hydroxylation sites is 1. The first-order chi connectivity index (χ1) is 13.6. The van der Waals surface area contributed by atoms with Crippen molar-refractivity contribution in [3.05, 3.63) is 66.0 Å². The van der Waals surface area contributed by atoms with E-state index in [1.807, 2.05) is 56.3 Å². The molecule has 28 heavy (non-hydrogen) atoms. The monoisotopic (exact) mass is 374 g/mol. The van der Waals surface area contributed by atoms with E-state index in [0.717, 1.165) is 33.6 Å². The molecule has 2 aromatic carbocycles. The Balaban J connectivity index is 1.77. The van der Waals surface area contributed by atoms with Crippen LogP contribution in [0.4, 0.5) is 0 Å². The van der Waals surface area contributed by atoms with Gasteiger partial charge < -0.3 is 4.74 Å². The smallest absolute Gasteiger partial charge is 0.245 e. The first kappa shape index (κ1) is 18.1. The van der Waals surface area contributed by atoms with Crippen molar-refractivity contribution in [3.63, 3.8) is 0 Å². The maximum atomic E-state index is 12.9. The number of hydrazone groups is 1. The van der Waals surface area contributed by atoms with Crippen LogP contribution >= 0.6 is 0 Å². The number of nitrogens with zero attached hydrogens (tertiary/aromatic N) is 4. The number of rotatable bonds is 4. The summed E-state index contributed by atoms with van der Waals surface area (Å²) < 4.78 is 5.24. The second-order valence-corrected chi connectivity index (χ2v) is 7.10. The third kappa shape index (κ3) is 3.22. The van der Waals surface area contributed by atoms with Gasteiger partial charge in [0, 0.05) is 30.3 Å². The minimum Gasteiger partial charge on any atom is -0.497 e. The molecular formula is C22H22N4O2. The highest BCUT2D eigenvalue weighted by molar-refractivity contribution is 6.03. The Labute approximate surface area is 163 Å². The number of hydrogen-bond donors (Lipinski definition) is 0. The highest BCUT2D eigenvalue weighted by Crippen LogP contribution is 2.36. The Bertz CT molecular complexity index is 1040. The Kier molecular flexibility index (Phi) is 4.77. The number of methoxy groups -OCH3 is 1. The highest BCUT2D eigenvalue weighted by Gasteiger charge is 2.35. The number of carbonyl (C=O) groups excluding carboxylic acids is 1. The Morgan fingerprint density at radius 1 is 1.11 bits per heavy atom. The van der Waals surface area contributed by atoms with E-state index in [0.29, 0.717) is 6.42 Å². The lowest BCUT2D eigenvalue weighted by Gasteiger charge is -2.24. The van der Waals surface area contributed by atoms with Crippen LogP contribution in [0.2, 0.25) is 0 Å². The Hall–Kier alpha value is -3.28. The molecule has 142 valence electrons. The molecule has 4 rings (SSSR count). The van der Waals surface area contributed by atoms with Crippen molar-refractivity contribution in [2.75, 3.05) is 7.11 Å². The zero-order valence-electron chi connectivity index (χ0n) is 16.2. The number of amides is 1. The fraction of sp³-hybridized carbons (Fsp3) is 0.273. The molecule has 0 saturated carbocycles. The molecule has 0 aliphatic carbocycles. The standard InChI is InChI=1S/C22H22N4O2/c1-14(2)22(27)26-20(17-5-4-6-18-21(17)24-12-11-23-18)13-19(25-26)15-7-9-16(28-3)10-8-15/h4-12,14,20H,13H2,1-3H3/t20-/m0/s1. The van der Waals surface area contributed by atoms with Gasteiger partial charge in [-0.3, -0.25) is 14.8 Å². The van der Waals surface area contributed by atoms with E-state index in [1.165, 1.54) is 0 Å². The molecule has 0 unspecified atom stereocenters. The van der Waals surface area contributed by atoms with Gasteiger partial charge in [-0.1, -0.05) is 26.0 Å². The van der Waals surface area contributed by atoms with Crippen molar-refractivity contribution in [2.24, 2.45) is 11.0 Å². The summed E-state index contributed by atoms with van der Waals surface area (Å²) in [4.78, 5) is 21.8. The minimum absolute atomic E-state index is 0.00518. The lowest BCUT2D eigenvalue weighted by atomic mass is 9.96. The number of aromatic nitrogens is 2. The molecule has 6 nitrogen and oxygen atoms in total. The molecule has 1 aromatic heterocycles. The van der Waals surface area contributed by atoms with E-state index in [2.05, 4.69) is 9.97 Å². The first-order valence-electron chi connectivity index (χ1n) is 9.33. The van der Waals surface area contributed by atoms with Crippen LogP contribution in [0.25, 0.3) is 11.0 Å². The molecule has 2 heterocycles. The van der Waals surface area contributed by atoms with E-state index >= 15 is 0 Å². The van der Waals surface area contributed by atoms with Gasteiger partial charge >= 0.3 is 0 Å². The number of ether oxygens (including phenoxy) is 1. The van der Waals surface area contributed by atoms with Gasteiger partial charge in [0.1, 0.15) is 5.75 Å². The summed E-state index contributed by atoms with van der Waals surface area (Å²) in [7, 11) is 1.64. The van der Waals surface area contributed by atoms with E-state index in [-0.39, 0.29) is 17.9 Å². The second kappa shape index (κ2) is 7.38. The lowest BCUT2D eigenvalue weighted by Crippen LogP contribution is -2.30. The zero-order chi connectivity index (χ0) is 19.7. The summed E-state index contributed by atoms with van der Waals surface area (Å²) in [5.74, 6) is 0.635. The van der Waals surface area contributed by atoms with Crippen LogP contribution in [0.3, 0.4) is 0 Å². The van der Waals surface area contributed by atoms with Crippen LogP contribution in [-0.4, -0.2) is 33.7 Å². The van der Waals surface area contributed by atoms with E-state index in [9.17, 15) is 4.79 Å². The first-order valence-corrected chi connectivity index (χ1v) is 9.33. The molecule has 0 radical (unpaired) electrons. The lowest BCUT2D eigenvalue weighted by molar-refractivity contribution is -0.136. The topological polar surface area (TPSA) is 67.7 Å². The molecule has 6 heteroatoms. The second-order valence-electron chi connectivity index (χ2n) is 7.10. The molecule has 3 aromatic rings. The third-order valence-electron chi connectivity index (χ3n) is 4.94. The number of hydrogen-bond acceptors (Lipinski definition) is 5. The molecule has 1 aliphatic rings. The number of fused-ring (bicyclic) bond motifs is 1. The molecule has 1 aliphatic heterocycles. The number of carbonyl (C=O) groups is 1. The number of benzene rings is 2. The summed E-state index contributed by atoms with van der Waals surface area (Å²) in [6, 6.07) is 13.5. The quantitative estimate of drug-likeness (QED) is 0.693. The highest BCUT2D eigenvalue weighted by atomic mass is 16.5. The van der Waals surface area contributed by atoms with Crippen molar-refractivity contribution in [1.29, 1.82) is 0 Å². The van der Waals surface area contributed by atoms with Gasteiger partial charge in [0.15, 0.2) is 0 Å². The summed E-state index contributed by atoms with van der Waals surface area (Å²) in [6.07, 6.45) is 3.98. The average molecular weight is 374 g/mol. The van der Waals surface area contributed by atoms with Gasteiger partial charge in [0.25, 0.3) is 0 Å². The molecule has 1 atom stereocenters. The van der Waals surface area contributed by atoms with Crippen molar-refractivity contribution >= 4 is 22.7 Å². The van der Waals surface area contributed by atoms with Gasteiger partial charge in [0.05, 0.1) is 29.9 Å². The third-order valence-corrected chi connectivity index (χ3v) is 4.94. The van der Waals surface area contributed by atoms with Gasteiger partial charge in [0.2, 0.25) is 5.91 Å². The molecule has 0 fully saturated rings. The van der Waals surface area contributed by atoms with Crippen LogP contribution in [0.1, 0.15) is 37.4 Å². The molecule has 0 N–H and O–H groups in total. The summed E-state index contributed by atoms with van der Waals surface area (Å²) in [5, 5.41) is 6.33. The zero-order valence-corrected chi connectivity index (χ0v) is 16.2. The molecule has 1 amide bonds. The average Bonchev–Trinajstić information content (AvgIpc) is 3.17. The van der Waals surface area contributed by atoms with Crippen molar-refractivity contribution < 1.29 is 9.53 Å². The predicted molar refractivity (Wildman–Crippen MR) is 108 cm³/mol. The fourth-order valence-corrected chi connectivity index (χ4v) is 3.46. The SMILES string of the molecule is COc1ccc(C2=NN(C(=O)C(C)C)[C@H](c3cccc4nccnc34)C2)cc1. The predicted octanol–water partition coefficient (Wildman–Crippen LogP) is 3.97.